The van der Waals surface area contributed by atoms with Crippen LogP contribution < -0.4 is 5.32 Å². The third kappa shape index (κ3) is 4.69. The lowest BCUT2D eigenvalue weighted by molar-refractivity contribution is 0.0907. The van der Waals surface area contributed by atoms with E-state index in [9.17, 15) is 0 Å². The highest BCUT2D eigenvalue weighted by molar-refractivity contribution is 4.83. The lowest BCUT2D eigenvalue weighted by Gasteiger charge is -2.05. The van der Waals surface area contributed by atoms with Crippen molar-refractivity contribution in [3.05, 3.63) is 12.2 Å². The Morgan fingerprint density at radius 1 is 1.50 bits per heavy atom. The lowest BCUT2D eigenvalue weighted by Crippen LogP contribution is -2.19. The largest absolute Gasteiger partial charge is 0.394 e. The molecule has 0 bridgehead atoms. The van der Waals surface area contributed by atoms with Crippen molar-refractivity contribution in [2.75, 3.05) is 26.4 Å². The zero-order chi connectivity index (χ0) is 11.6. The highest BCUT2D eigenvalue weighted by Crippen LogP contribution is 1.92. The fourth-order valence-electron chi connectivity index (χ4n) is 1.36. The molecule has 6 nitrogen and oxygen atoms in total. The van der Waals surface area contributed by atoms with Gasteiger partial charge in [-0.1, -0.05) is 0 Å². The number of hydrogen-bond acceptors (Lipinski definition) is 5. The number of rotatable bonds is 9. The third-order valence-corrected chi connectivity index (χ3v) is 2.16. The molecule has 6 heteroatoms. The number of aliphatic hydroxyl groups is 1. The van der Waals surface area contributed by atoms with Crippen LogP contribution in [0.3, 0.4) is 0 Å². The third-order valence-electron chi connectivity index (χ3n) is 2.16. The van der Waals surface area contributed by atoms with Crippen molar-refractivity contribution in [3.8, 4) is 0 Å². The fraction of sp³-hybridized carbons (Fsp3) is 0.800. The monoisotopic (exact) mass is 228 g/mol. The second-order valence-corrected chi connectivity index (χ2v) is 3.36. The van der Waals surface area contributed by atoms with Gasteiger partial charge in [-0.15, -0.1) is 0 Å². The van der Waals surface area contributed by atoms with Crippen LogP contribution in [0.5, 0.6) is 0 Å². The zero-order valence-corrected chi connectivity index (χ0v) is 9.72. The summed E-state index contributed by atoms with van der Waals surface area (Å²) in [6, 6.07) is 0. The summed E-state index contributed by atoms with van der Waals surface area (Å²) < 4.78 is 7.01. The highest BCUT2D eigenvalue weighted by Gasteiger charge is 2.00. The predicted octanol–water partition coefficient (Wildman–Crippen LogP) is -0.213. The van der Waals surface area contributed by atoms with Gasteiger partial charge in [-0.25, -0.2) is 9.67 Å². The normalized spacial score (nSPS) is 10.9. The van der Waals surface area contributed by atoms with Gasteiger partial charge in [0.1, 0.15) is 12.2 Å². The van der Waals surface area contributed by atoms with E-state index in [1.165, 1.54) is 0 Å². The first-order chi connectivity index (χ1) is 7.88. The van der Waals surface area contributed by atoms with E-state index in [4.69, 9.17) is 9.84 Å². The van der Waals surface area contributed by atoms with E-state index in [0.29, 0.717) is 13.2 Å². The maximum Gasteiger partial charge on any atom is 0.140 e. The molecule has 0 spiro atoms. The SMILES string of the molecule is CCn1ncnc1CNCCCOCCO. The van der Waals surface area contributed by atoms with Crippen LogP contribution in [-0.2, 0) is 17.8 Å². The molecule has 0 amide bonds. The summed E-state index contributed by atoms with van der Waals surface area (Å²) in [4.78, 5) is 4.16. The van der Waals surface area contributed by atoms with Crippen LogP contribution in [0.15, 0.2) is 6.33 Å². The van der Waals surface area contributed by atoms with Crippen LogP contribution in [0.25, 0.3) is 0 Å². The molecule has 92 valence electrons. The molecule has 0 aliphatic carbocycles. The van der Waals surface area contributed by atoms with E-state index in [2.05, 4.69) is 15.4 Å². The van der Waals surface area contributed by atoms with Crippen LogP contribution >= 0.6 is 0 Å². The smallest absolute Gasteiger partial charge is 0.140 e. The molecular weight excluding hydrogens is 208 g/mol. The number of nitrogens with zero attached hydrogens (tertiary/aromatic N) is 3. The molecule has 0 fully saturated rings. The average molecular weight is 228 g/mol. The summed E-state index contributed by atoms with van der Waals surface area (Å²) in [7, 11) is 0. The van der Waals surface area contributed by atoms with Crippen LogP contribution in [0.4, 0.5) is 0 Å². The molecule has 1 rings (SSSR count). The lowest BCUT2D eigenvalue weighted by atomic mass is 10.4. The van der Waals surface area contributed by atoms with Crippen molar-refractivity contribution >= 4 is 0 Å². The number of nitrogens with one attached hydrogen (secondary N) is 1. The van der Waals surface area contributed by atoms with E-state index in [-0.39, 0.29) is 6.61 Å². The van der Waals surface area contributed by atoms with E-state index in [1.807, 2.05) is 11.6 Å². The maximum absolute atomic E-state index is 8.49. The number of ether oxygens (including phenoxy) is 1. The van der Waals surface area contributed by atoms with Gasteiger partial charge in [0.25, 0.3) is 0 Å². The van der Waals surface area contributed by atoms with Crippen molar-refractivity contribution in [3.63, 3.8) is 0 Å². The van der Waals surface area contributed by atoms with Gasteiger partial charge in [0, 0.05) is 13.2 Å². The molecule has 1 aromatic rings. The first kappa shape index (κ1) is 13.1. The fourth-order valence-corrected chi connectivity index (χ4v) is 1.36. The Bertz CT molecular complexity index is 278. The Morgan fingerprint density at radius 2 is 2.38 bits per heavy atom. The van der Waals surface area contributed by atoms with Gasteiger partial charge in [0.2, 0.25) is 0 Å². The minimum Gasteiger partial charge on any atom is -0.394 e. The molecular formula is C10H20N4O2. The quantitative estimate of drug-likeness (QED) is 0.572. The molecule has 0 saturated heterocycles. The van der Waals surface area contributed by atoms with Crippen LogP contribution in [0, 0.1) is 0 Å². The van der Waals surface area contributed by atoms with Gasteiger partial charge in [0.05, 0.1) is 19.8 Å². The van der Waals surface area contributed by atoms with Crippen LogP contribution in [0.2, 0.25) is 0 Å². The summed E-state index contributed by atoms with van der Waals surface area (Å²) in [5, 5.41) is 15.9. The first-order valence-corrected chi connectivity index (χ1v) is 5.64. The van der Waals surface area contributed by atoms with Gasteiger partial charge in [-0.3, -0.25) is 0 Å². The molecule has 0 saturated carbocycles. The molecule has 1 heterocycles. The van der Waals surface area contributed by atoms with Crippen LogP contribution in [-0.4, -0.2) is 46.2 Å². The highest BCUT2D eigenvalue weighted by atomic mass is 16.5. The predicted molar refractivity (Wildman–Crippen MR) is 59.9 cm³/mol. The number of aryl methyl sites for hydroxylation is 1. The molecule has 0 atom stereocenters. The molecule has 0 aliphatic rings. The van der Waals surface area contributed by atoms with Crippen LogP contribution in [0.1, 0.15) is 19.2 Å². The van der Waals surface area contributed by atoms with Crippen molar-refractivity contribution in [1.29, 1.82) is 0 Å². The van der Waals surface area contributed by atoms with E-state index in [1.54, 1.807) is 6.33 Å². The second-order valence-electron chi connectivity index (χ2n) is 3.36. The summed E-state index contributed by atoms with van der Waals surface area (Å²) in [5.41, 5.74) is 0. The molecule has 0 radical (unpaired) electrons. The van der Waals surface area contributed by atoms with Crippen molar-refractivity contribution in [2.45, 2.75) is 26.4 Å². The molecule has 16 heavy (non-hydrogen) atoms. The topological polar surface area (TPSA) is 72.2 Å². The van der Waals surface area contributed by atoms with Gasteiger partial charge >= 0.3 is 0 Å². The number of aliphatic hydroxyl groups excluding tert-OH is 1. The minimum absolute atomic E-state index is 0.0903. The standard InChI is InChI=1S/C10H20N4O2/c1-2-14-10(12-9-13-14)8-11-4-3-6-16-7-5-15/h9,11,15H,2-8H2,1H3. The Kier molecular flexibility index (Phi) is 6.71. The molecule has 0 unspecified atom stereocenters. The number of hydrogen-bond donors (Lipinski definition) is 2. The summed E-state index contributed by atoms with van der Waals surface area (Å²) >= 11 is 0. The maximum atomic E-state index is 8.49. The number of aromatic nitrogens is 3. The van der Waals surface area contributed by atoms with E-state index in [0.717, 1.165) is 31.9 Å². The Hall–Kier alpha value is -0.980. The van der Waals surface area contributed by atoms with E-state index < -0.39 is 0 Å². The van der Waals surface area contributed by atoms with Gasteiger partial charge in [-0.05, 0) is 19.9 Å². The Labute approximate surface area is 95.6 Å². The van der Waals surface area contributed by atoms with Gasteiger partial charge in [-0.2, -0.15) is 5.10 Å². The van der Waals surface area contributed by atoms with Crippen molar-refractivity contribution in [2.24, 2.45) is 0 Å². The Balaban J connectivity index is 2.03. The van der Waals surface area contributed by atoms with E-state index >= 15 is 0 Å². The molecule has 1 aromatic heterocycles. The van der Waals surface area contributed by atoms with Crippen molar-refractivity contribution < 1.29 is 9.84 Å². The second kappa shape index (κ2) is 8.20. The zero-order valence-electron chi connectivity index (χ0n) is 9.72. The minimum atomic E-state index is 0.0903. The van der Waals surface area contributed by atoms with Gasteiger partial charge < -0.3 is 15.2 Å². The molecule has 0 aromatic carbocycles. The summed E-state index contributed by atoms with van der Waals surface area (Å²) in [5.74, 6) is 0.957. The molecule has 2 N–H and O–H groups in total. The van der Waals surface area contributed by atoms with Gasteiger partial charge in [0.15, 0.2) is 0 Å². The first-order valence-electron chi connectivity index (χ1n) is 5.64. The molecule has 0 aliphatic heterocycles. The Morgan fingerprint density at radius 3 is 3.12 bits per heavy atom. The summed E-state index contributed by atoms with van der Waals surface area (Å²) in [6.07, 6.45) is 2.51. The van der Waals surface area contributed by atoms with Crippen molar-refractivity contribution in [1.82, 2.24) is 20.1 Å². The average Bonchev–Trinajstić information content (AvgIpc) is 2.75. The summed E-state index contributed by atoms with van der Waals surface area (Å²) in [6.45, 7) is 5.68.